The van der Waals surface area contributed by atoms with E-state index in [-0.39, 0.29) is 24.3 Å². The zero-order valence-corrected chi connectivity index (χ0v) is 14.6. The van der Waals surface area contributed by atoms with Crippen molar-refractivity contribution in [1.29, 1.82) is 0 Å². The molecule has 1 atom stereocenters. The molecule has 4 nitrogen and oxygen atoms in total. The maximum Gasteiger partial charge on any atom is 0.222 e. The Bertz CT molecular complexity index is 714. The summed E-state index contributed by atoms with van der Waals surface area (Å²) in [5.41, 5.74) is 2.97. The van der Waals surface area contributed by atoms with E-state index < -0.39 is 0 Å². The lowest BCUT2D eigenvalue weighted by atomic mass is 10.0. The first kappa shape index (κ1) is 18.0. The number of benzene rings is 2. The van der Waals surface area contributed by atoms with E-state index in [0.717, 1.165) is 16.7 Å². The van der Waals surface area contributed by atoms with Crippen LogP contribution in [-0.2, 0) is 16.1 Å². The molecule has 0 bridgehead atoms. The second-order valence-corrected chi connectivity index (χ2v) is 6.21. The molecule has 2 N–H and O–H groups in total. The molecule has 24 heavy (non-hydrogen) atoms. The van der Waals surface area contributed by atoms with Crippen LogP contribution < -0.4 is 10.6 Å². The van der Waals surface area contributed by atoms with Crippen LogP contribution in [0.5, 0.6) is 0 Å². The third-order valence-corrected chi connectivity index (χ3v) is 3.86. The summed E-state index contributed by atoms with van der Waals surface area (Å²) in [6.07, 6.45) is 0.184. The van der Waals surface area contributed by atoms with Crippen molar-refractivity contribution < 1.29 is 9.59 Å². The highest BCUT2D eigenvalue weighted by atomic mass is 35.5. The summed E-state index contributed by atoms with van der Waals surface area (Å²) in [5.74, 6) is -0.294. The number of carbonyl (C=O) groups excluding carboxylic acids is 2. The summed E-state index contributed by atoms with van der Waals surface area (Å²) < 4.78 is 0. The van der Waals surface area contributed by atoms with Gasteiger partial charge in [-0.2, -0.15) is 0 Å². The van der Waals surface area contributed by atoms with Crippen LogP contribution in [0.3, 0.4) is 0 Å². The fraction of sp³-hybridized carbons (Fsp3) is 0.263. The highest BCUT2D eigenvalue weighted by Crippen LogP contribution is 2.18. The van der Waals surface area contributed by atoms with Gasteiger partial charge in [0.1, 0.15) is 0 Å². The summed E-state index contributed by atoms with van der Waals surface area (Å²) in [5, 5.41) is 6.33. The average molecular weight is 345 g/mol. The molecule has 126 valence electrons. The fourth-order valence-electron chi connectivity index (χ4n) is 2.40. The molecule has 0 fully saturated rings. The Hall–Kier alpha value is -2.33. The molecule has 2 aromatic carbocycles. The molecule has 0 spiro atoms. The Morgan fingerprint density at radius 1 is 1.12 bits per heavy atom. The smallest absolute Gasteiger partial charge is 0.222 e. The number of aryl methyl sites for hydroxylation is 1. The van der Waals surface area contributed by atoms with Crippen LogP contribution in [0.4, 0.5) is 0 Å². The van der Waals surface area contributed by atoms with Crippen LogP contribution >= 0.6 is 11.6 Å². The summed E-state index contributed by atoms with van der Waals surface area (Å²) >= 11 is 5.93. The number of amides is 2. The minimum atomic E-state index is -0.345. The van der Waals surface area contributed by atoms with Gasteiger partial charge in [0.05, 0.1) is 12.5 Å². The van der Waals surface area contributed by atoms with Gasteiger partial charge in [0, 0.05) is 18.5 Å². The van der Waals surface area contributed by atoms with Gasteiger partial charge in [-0.3, -0.25) is 9.59 Å². The fourth-order valence-corrected chi connectivity index (χ4v) is 2.61. The number of rotatable bonds is 6. The Kier molecular flexibility index (Phi) is 6.38. The van der Waals surface area contributed by atoms with Gasteiger partial charge in [0.25, 0.3) is 0 Å². The van der Waals surface area contributed by atoms with Crippen molar-refractivity contribution in [2.75, 3.05) is 0 Å². The van der Waals surface area contributed by atoms with Crippen molar-refractivity contribution in [1.82, 2.24) is 10.6 Å². The summed E-state index contributed by atoms with van der Waals surface area (Å²) in [7, 11) is 0. The molecule has 0 aromatic heterocycles. The highest BCUT2D eigenvalue weighted by molar-refractivity contribution is 6.30. The highest BCUT2D eigenvalue weighted by Gasteiger charge is 2.17. The predicted molar refractivity (Wildman–Crippen MR) is 95.7 cm³/mol. The van der Waals surface area contributed by atoms with Crippen LogP contribution in [-0.4, -0.2) is 11.8 Å². The first-order valence-corrected chi connectivity index (χ1v) is 8.16. The molecule has 0 aliphatic heterocycles. The lowest BCUT2D eigenvalue weighted by Gasteiger charge is -2.18. The molecule has 0 radical (unpaired) electrons. The normalized spacial score (nSPS) is 11.6. The Morgan fingerprint density at radius 3 is 2.46 bits per heavy atom. The summed E-state index contributed by atoms with van der Waals surface area (Å²) in [6.45, 7) is 3.85. The van der Waals surface area contributed by atoms with Crippen molar-refractivity contribution >= 4 is 23.4 Å². The molecule has 0 aliphatic carbocycles. The molecule has 2 aromatic rings. The quantitative estimate of drug-likeness (QED) is 0.842. The monoisotopic (exact) mass is 344 g/mol. The number of carbonyl (C=O) groups is 2. The van der Waals surface area contributed by atoms with E-state index in [1.807, 2.05) is 49.4 Å². The minimum Gasteiger partial charge on any atom is -0.352 e. The van der Waals surface area contributed by atoms with Crippen LogP contribution in [0.15, 0.2) is 48.5 Å². The van der Waals surface area contributed by atoms with Gasteiger partial charge in [-0.1, -0.05) is 53.6 Å². The van der Waals surface area contributed by atoms with Crippen molar-refractivity contribution in [2.45, 2.75) is 32.9 Å². The topological polar surface area (TPSA) is 58.2 Å². The molecule has 5 heteroatoms. The molecule has 0 saturated heterocycles. The van der Waals surface area contributed by atoms with Gasteiger partial charge in [-0.25, -0.2) is 0 Å². The van der Waals surface area contributed by atoms with Gasteiger partial charge in [-0.15, -0.1) is 0 Å². The summed E-state index contributed by atoms with van der Waals surface area (Å²) in [4.78, 5) is 23.7. The number of nitrogens with one attached hydrogen (secondary N) is 2. The van der Waals surface area contributed by atoms with Crippen molar-refractivity contribution in [3.63, 3.8) is 0 Å². The SMILES string of the molecule is CC(=O)NC(CC(=O)NCc1cccc(Cl)c1)c1ccc(C)cc1. The maximum atomic E-state index is 12.2. The van der Waals surface area contributed by atoms with E-state index in [0.29, 0.717) is 11.6 Å². The van der Waals surface area contributed by atoms with Crippen LogP contribution in [0.25, 0.3) is 0 Å². The molecule has 1 unspecified atom stereocenters. The first-order valence-electron chi connectivity index (χ1n) is 7.79. The van der Waals surface area contributed by atoms with Gasteiger partial charge in [-0.05, 0) is 30.2 Å². The lowest BCUT2D eigenvalue weighted by Crippen LogP contribution is -2.32. The van der Waals surface area contributed by atoms with E-state index >= 15 is 0 Å². The molecule has 2 rings (SSSR count). The minimum absolute atomic E-state index is 0.130. The van der Waals surface area contributed by atoms with Crippen molar-refractivity contribution in [2.24, 2.45) is 0 Å². The lowest BCUT2D eigenvalue weighted by molar-refractivity contribution is -0.122. The Balaban J connectivity index is 1.99. The molecule has 2 amide bonds. The molecule has 0 aliphatic rings. The van der Waals surface area contributed by atoms with Crippen molar-refractivity contribution in [3.8, 4) is 0 Å². The van der Waals surface area contributed by atoms with Gasteiger partial charge < -0.3 is 10.6 Å². The first-order chi connectivity index (χ1) is 11.4. The zero-order valence-electron chi connectivity index (χ0n) is 13.8. The molecule has 0 saturated carbocycles. The van der Waals surface area contributed by atoms with E-state index in [9.17, 15) is 9.59 Å². The van der Waals surface area contributed by atoms with Gasteiger partial charge >= 0.3 is 0 Å². The second kappa shape index (κ2) is 8.50. The van der Waals surface area contributed by atoms with E-state index in [2.05, 4.69) is 10.6 Å². The molecule has 0 heterocycles. The van der Waals surface area contributed by atoms with Crippen LogP contribution in [0.2, 0.25) is 5.02 Å². The number of halogens is 1. The van der Waals surface area contributed by atoms with E-state index in [4.69, 9.17) is 11.6 Å². The average Bonchev–Trinajstić information content (AvgIpc) is 2.53. The van der Waals surface area contributed by atoms with Gasteiger partial charge in [0.2, 0.25) is 11.8 Å². The number of hydrogen-bond donors (Lipinski definition) is 2. The van der Waals surface area contributed by atoms with Gasteiger partial charge in [0.15, 0.2) is 0 Å². The molecular weight excluding hydrogens is 324 g/mol. The standard InChI is InChI=1S/C19H21ClN2O2/c1-13-6-8-16(9-7-13)18(22-14(2)23)11-19(24)21-12-15-4-3-5-17(20)10-15/h3-10,18H,11-12H2,1-2H3,(H,21,24)(H,22,23). The number of hydrogen-bond acceptors (Lipinski definition) is 2. The van der Waals surface area contributed by atoms with Crippen LogP contribution in [0.1, 0.15) is 36.1 Å². The second-order valence-electron chi connectivity index (χ2n) is 5.77. The Morgan fingerprint density at radius 2 is 1.83 bits per heavy atom. The Labute approximate surface area is 147 Å². The van der Waals surface area contributed by atoms with E-state index in [1.54, 1.807) is 6.07 Å². The van der Waals surface area contributed by atoms with Crippen molar-refractivity contribution in [3.05, 3.63) is 70.2 Å². The molecular formula is C19H21ClN2O2. The maximum absolute atomic E-state index is 12.2. The predicted octanol–water partition coefficient (Wildman–Crippen LogP) is 3.53. The zero-order chi connectivity index (χ0) is 17.5. The summed E-state index contributed by atoms with van der Waals surface area (Å²) in [6, 6.07) is 14.8. The third kappa shape index (κ3) is 5.70. The van der Waals surface area contributed by atoms with Crippen LogP contribution in [0, 0.1) is 6.92 Å². The largest absolute Gasteiger partial charge is 0.352 e. The third-order valence-electron chi connectivity index (χ3n) is 3.63. The van der Waals surface area contributed by atoms with E-state index in [1.165, 1.54) is 6.92 Å².